The zero-order chi connectivity index (χ0) is 21.5. The van der Waals surface area contributed by atoms with E-state index in [2.05, 4.69) is 15.5 Å². The molecule has 0 saturated carbocycles. The van der Waals surface area contributed by atoms with Gasteiger partial charge in [0, 0.05) is 17.5 Å². The Morgan fingerprint density at radius 3 is 2.80 bits per heavy atom. The van der Waals surface area contributed by atoms with Crippen LogP contribution in [0, 0.1) is 11.3 Å². The SMILES string of the molecule is COc1cccc(C(=O)NCC(=O)N=Nc2c(O)n(CCC#N)c3ccccc23)c1. The predicted molar refractivity (Wildman–Crippen MR) is 109 cm³/mol. The van der Waals surface area contributed by atoms with E-state index in [1.54, 1.807) is 53.1 Å². The van der Waals surface area contributed by atoms with Crippen LogP contribution in [0.5, 0.6) is 11.6 Å². The number of hydrogen-bond donors (Lipinski definition) is 2. The summed E-state index contributed by atoms with van der Waals surface area (Å²) in [6, 6.07) is 15.6. The van der Waals surface area contributed by atoms with Crippen LogP contribution in [0.2, 0.25) is 0 Å². The lowest BCUT2D eigenvalue weighted by atomic mass is 10.2. The molecule has 0 fully saturated rings. The van der Waals surface area contributed by atoms with Crippen LogP contribution in [-0.4, -0.2) is 35.1 Å². The molecule has 0 aliphatic carbocycles. The highest BCUT2D eigenvalue weighted by molar-refractivity contribution is 5.97. The van der Waals surface area contributed by atoms with Crippen LogP contribution in [0.1, 0.15) is 16.8 Å². The number of nitrogens with one attached hydrogen (secondary N) is 1. The molecule has 0 atom stereocenters. The molecule has 30 heavy (non-hydrogen) atoms. The molecule has 1 heterocycles. The number of methoxy groups -OCH3 is 1. The molecule has 9 heteroatoms. The average molecular weight is 405 g/mol. The molecular formula is C21H19N5O4. The third kappa shape index (κ3) is 4.44. The van der Waals surface area contributed by atoms with Crippen molar-refractivity contribution in [2.24, 2.45) is 10.2 Å². The summed E-state index contributed by atoms with van der Waals surface area (Å²) in [6.45, 7) is -0.0731. The van der Waals surface area contributed by atoms with Crippen molar-refractivity contribution in [2.45, 2.75) is 13.0 Å². The number of nitrogens with zero attached hydrogens (tertiary/aromatic N) is 4. The molecular weight excluding hydrogens is 386 g/mol. The van der Waals surface area contributed by atoms with Gasteiger partial charge in [-0.05, 0) is 24.3 Å². The van der Waals surface area contributed by atoms with Crippen LogP contribution in [0.3, 0.4) is 0 Å². The number of aromatic nitrogens is 1. The molecule has 3 rings (SSSR count). The van der Waals surface area contributed by atoms with Crippen molar-refractivity contribution in [1.29, 1.82) is 5.26 Å². The van der Waals surface area contributed by atoms with Gasteiger partial charge in [0.2, 0.25) is 5.88 Å². The molecule has 2 N–H and O–H groups in total. The maximum absolute atomic E-state index is 12.2. The number of rotatable bonds is 7. The smallest absolute Gasteiger partial charge is 0.283 e. The summed E-state index contributed by atoms with van der Waals surface area (Å²) in [5, 5.41) is 29.9. The van der Waals surface area contributed by atoms with Gasteiger partial charge in [-0.25, -0.2) is 0 Å². The standard InChI is InChI=1S/C21H19N5O4/c1-30-15-7-4-6-14(12-15)20(28)23-13-18(27)24-25-19-16-8-2-3-9-17(16)26(21(19)29)11-5-10-22/h2-4,6-9,12,29H,5,11,13H2,1H3,(H,23,28). The minimum absolute atomic E-state index is 0.135. The largest absolute Gasteiger partial charge is 0.497 e. The molecule has 0 saturated heterocycles. The highest BCUT2D eigenvalue weighted by atomic mass is 16.5. The molecule has 0 radical (unpaired) electrons. The minimum Gasteiger partial charge on any atom is -0.497 e. The van der Waals surface area contributed by atoms with Crippen molar-refractivity contribution in [2.75, 3.05) is 13.7 Å². The topological polar surface area (TPSA) is 129 Å². The normalized spacial score (nSPS) is 10.8. The fourth-order valence-corrected chi connectivity index (χ4v) is 2.92. The molecule has 0 aliphatic rings. The number of carbonyl (C=O) groups excluding carboxylic acids is 2. The summed E-state index contributed by atoms with van der Waals surface area (Å²) >= 11 is 0. The predicted octanol–water partition coefficient (Wildman–Crippen LogP) is 3.31. The van der Waals surface area contributed by atoms with Crippen LogP contribution in [0.15, 0.2) is 58.8 Å². The first-order chi connectivity index (χ1) is 14.5. The van der Waals surface area contributed by atoms with E-state index in [9.17, 15) is 14.7 Å². The number of benzene rings is 2. The Bertz CT molecular complexity index is 1160. The van der Waals surface area contributed by atoms with E-state index in [0.29, 0.717) is 22.2 Å². The molecule has 9 nitrogen and oxygen atoms in total. The Morgan fingerprint density at radius 2 is 2.03 bits per heavy atom. The first-order valence-electron chi connectivity index (χ1n) is 9.09. The van der Waals surface area contributed by atoms with Gasteiger partial charge in [0.25, 0.3) is 11.8 Å². The van der Waals surface area contributed by atoms with Crippen molar-refractivity contribution < 1.29 is 19.4 Å². The Hall–Kier alpha value is -4.19. The van der Waals surface area contributed by atoms with E-state index in [4.69, 9.17) is 10.00 Å². The van der Waals surface area contributed by atoms with E-state index >= 15 is 0 Å². The quantitative estimate of drug-likeness (QED) is 0.583. The van der Waals surface area contributed by atoms with Gasteiger partial charge in [-0.3, -0.25) is 9.59 Å². The average Bonchev–Trinajstić information content (AvgIpc) is 3.05. The van der Waals surface area contributed by atoms with Crippen molar-refractivity contribution in [3.8, 4) is 17.7 Å². The lowest BCUT2D eigenvalue weighted by molar-refractivity contribution is -0.117. The second kappa shape index (κ2) is 9.34. The highest BCUT2D eigenvalue weighted by Gasteiger charge is 2.16. The monoisotopic (exact) mass is 405 g/mol. The highest BCUT2D eigenvalue weighted by Crippen LogP contribution is 2.38. The zero-order valence-electron chi connectivity index (χ0n) is 16.2. The number of para-hydroxylation sites is 1. The van der Waals surface area contributed by atoms with Gasteiger partial charge in [-0.15, -0.1) is 10.2 Å². The van der Waals surface area contributed by atoms with E-state index in [-0.39, 0.29) is 31.1 Å². The molecule has 0 aliphatic heterocycles. The Kier molecular flexibility index (Phi) is 6.39. The van der Waals surface area contributed by atoms with E-state index in [0.717, 1.165) is 0 Å². The number of aromatic hydroxyl groups is 1. The van der Waals surface area contributed by atoms with E-state index in [1.807, 2.05) is 6.07 Å². The molecule has 152 valence electrons. The Morgan fingerprint density at radius 1 is 1.23 bits per heavy atom. The minimum atomic E-state index is -0.681. The van der Waals surface area contributed by atoms with E-state index < -0.39 is 11.8 Å². The van der Waals surface area contributed by atoms with Crippen LogP contribution in [0.25, 0.3) is 10.9 Å². The van der Waals surface area contributed by atoms with Gasteiger partial charge < -0.3 is 19.7 Å². The summed E-state index contributed by atoms with van der Waals surface area (Å²) in [5.41, 5.74) is 1.16. The van der Waals surface area contributed by atoms with Gasteiger partial charge in [0.05, 0.1) is 25.1 Å². The number of fused-ring (bicyclic) bond motifs is 1. The Balaban J connectivity index is 1.72. The second-order valence-corrected chi connectivity index (χ2v) is 6.26. The Labute approximate surface area is 172 Å². The fourth-order valence-electron chi connectivity index (χ4n) is 2.92. The van der Waals surface area contributed by atoms with Gasteiger partial charge in [0.1, 0.15) is 12.3 Å². The molecule has 3 aromatic rings. The van der Waals surface area contributed by atoms with Crippen molar-refractivity contribution in [1.82, 2.24) is 9.88 Å². The number of hydrogen-bond acceptors (Lipinski definition) is 6. The van der Waals surface area contributed by atoms with Crippen LogP contribution >= 0.6 is 0 Å². The number of amides is 2. The van der Waals surface area contributed by atoms with Crippen molar-refractivity contribution in [3.63, 3.8) is 0 Å². The third-order valence-corrected chi connectivity index (χ3v) is 4.36. The first kappa shape index (κ1) is 20.5. The van der Waals surface area contributed by atoms with Gasteiger partial charge in [-0.2, -0.15) is 5.26 Å². The maximum Gasteiger partial charge on any atom is 0.283 e. The van der Waals surface area contributed by atoms with Gasteiger partial charge in [-0.1, -0.05) is 24.3 Å². The van der Waals surface area contributed by atoms with Gasteiger partial charge >= 0.3 is 0 Å². The molecule has 1 aromatic heterocycles. The summed E-state index contributed by atoms with van der Waals surface area (Å²) in [5.74, 6) is -0.784. The number of azo groups is 1. The summed E-state index contributed by atoms with van der Waals surface area (Å²) in [6.07, 6.45) is 0.206. The van der Waals surface area contributed by atoms with Crippen LogP contribution < -0.4 is 10.1 Å². The van der Waals surface area contributed by atoms with E-state index in [1.165, 1.54) is 7.11 Å². The van der Waals surface area contributed by atoms with Crippen molar-refractivity contribution >= 4 is 28.4 Å². The first-order valence-corrected chi connectivity index (χ1v) is 9.09. The molecule has 0 spiro atoms. The molecule has 0 unspecified atom stereocenters. The number of aryl methyl sites for hydroxylation is 1. The molecule has 0 bridgehead atoms. The summed E-state index contributed by atoms with van der Waals surface area (Å²) in [4.78, 5) is 24.2. The second-order valence-electron chi connectivity index (χ2n) is 6.26. The van der Waals surface area contributed by atoms with Crippen LogP contribution in [-0.2, 0) is 11.3 Å². The third-order valence-electron chi connectivity index (χ3n) is 4.36. The van der Waals surface area contributed by atoms with Crippen LogP contribution in [0.4, 0.5) is 5.69 Å². The maximum atomic E-state index is 12.2. The lowest BCUT2D eigenvalue weighted by Gasteiger charge is -2.04. The summed E-state index contributed by atoms with van der Waals surface area (Å²) in [7, 11) is 1.49. The van der Waals surface area contributed by atoms with Gasteiger partial charge in [0.15, 0.2) is 5.69 Å². The fraction of sp³-hybridized carbons (Fsp3) is 0.190. The molecule has 2 aromatic carbocycles. The number of carbonyl (C=O) groups is 2. The number of nitriles is 1. The number of ether oxygens (including phenoxy) is 1. The zero-order valence-corrected chi connectivity index (χ0v) is 16.2. The van der Waals surface area contributed by atoms with Crippen molar-refractivity contribution in [3.05, 3.63) is 54.1 Å². The molecule has 2 amide bonds. The summed E-state index contributed by atoms with van der Waals surface area (Å²) < 4.78 is 6.61. The lowest BCUT2D eigenvalue weighted by Crippen LogP contribution is -2.28.